The van der Waals surface area contributed by atoms with E-state index in [1.165, 1.54) is 25.3 Å². The zero-order chi connectivity index (χ0) is 15.8. The van der Waals surface area contributed by atoms with E-state index in [0.717, 1.165) is 25.9 Å². The Morgan fingerprint density at radius 2 is 1.77 bits per heavy atom. The van der Waals surface area contributed by atoms with Crippen molar-refractivity contribution < 1.29 is 18.3 Å². The molecule has 1 aliphatic heterocycles. The highest BCUT2D eigenvalue weighted by atomic mass is 19.3. The third-order valence-electron chi connectivity index (χ3n) is 3.69. The van der Waals surface area contributed by atoms with Crippen molar-refractivity contribution in [3.63, 3.8) is 0 Å². The molecule has 6 heteroatoms. The molecule has 1 aromatic rings. The van der Waals surface area contributed by atoms with E-state index in [1.807, 2.05) is 0 Å². The van der Waals surface area contributed by atoms with Gasteiger partial charge in [0.15, 0.2) is 0 Å². The number of nitrogens with zero attached hydrogens (tertiary/aromatic N) is 1. The van der Waals surface area contributed by atoms with Gasteiger partial charge in [-0.2, -0.15) is 8.78 Å². The summed E-state index contributed by atoms with van der Waals surface area (Å²) in [6.07, 6.45) is 5.85. The average molecular weight is 312 g/mol. The standard InChI is InChI=1S/C16H22F2N2O2/c17-16(18)22-14-9-5-4-8-13(14)19-15(21)12-20-10-6-2-1-3-7-11-20/h4-5,8-9,16H,1-3,6-7,10-12H2,(H,19,21). The molecular weight excluding hydrogens is 290 g/mol. The summed E-state index contributed by atoms with van der Waals surface area (Å²) in [7, 11) is 0. The minimum atomic E-state index is -2.91. The molecule has 0 radical (unpaired) electrons. The Morgan fingerprint density at radius 3 is 2.45 bits per heavy atom. The van der Waals surface area contributed by atoms with E-state index in [1.54, 1.807) is 18.2 Å². The number of anilines is 1. The van der Waals surface area contributed by atoms with Crippen LogP contribution >= 0.6 is 0 Å². The monoisotopic (exact) mass is 312 g/mol. The third kappa shape index (κ3) is 5.60. The molecule has 1 saturated heterocycles. The summed E-state index contributed by atoms with van der Waals surface area (Å²) in [5.41, 5.74) is 0.278. The van der Waals surface area contributed by atoms with Crippen LogP contribution in [0.3, 0.4) is 0 Å². The molecule has 0 aromatic heterocycles. The van der Waals surface area contributed by atoms with Crippen LogP contribution in [0.1, 0.15) is 32.1 Å². The fraction of sp³-hybridized carbons (Fsp3) is 0.562. The second-order valence-electron chi connectivity index (χ2n) is 5.47. The van der Waals surface area contributed by atoms with Crippen molar-refractivity contribution in [2.45, 2.75) is 38.7 Å². The molecule has 1 N–H and O–H groups in total. The van der Waals surface area contributed by atoms with Crippen LogP contribution in [0.4, 0.5) is 14.5 Å². The molecule has 2 rings (SSSR count). The largest absolute Gasteiger partial charge is 0.433 e. The van der Waals surface area contributed by atoms with Crippen LogP contribution in [0.5, 0.6) is 5.75 Å². The Morgan fingerprint density at radius 1 is 1.14 bits per heavy atom. The maximum atomic E-state index is 12.4. The molecule has 4 nitrogen and oxygen atoms in total. The average Bonchev–Trinajstić information content (AvgIpc) is 2.43. The maximum Gasteiger partial charge on any atom is 0.387 e. The molecule has 0 aliphatic carbocycles. The third-order valence-corrected chi connectivity index (χ3v) is 3.69. The van der Waals surface area contributed by atoms with Gasteiger partial charge >= 0.3 is 6.61 Å². The van der Waals surface area contributed by atoms with Gasteiger partial charge in [0.2, 0.25) is 5.91 Å². The van der Waals surface area contributed by atoms with Crippen molar-refractivity contribution >= 4 is 11.6 Å². The van der Waals surface area contributed by atoms with E-state index >= 15 is 0 Å². The molecule has 1 aromatic carbocycles. The molecule has 1 fully saturated rings. The first kappa shape index (κ1) is 16.7. The summed E-state index contributed by atoms with van der Waals surface area (Å²) < 4.78 is 29.1. The molecule has 1 amide bonds. The molecule has 0 atom stereocenters. The van der Waals surface area contributed by atoms with Gasteiger partial charge in [0.25, 0.3) is 0 Å². The number of alkyl halides is 2. The van der Waals surface area contributed by atoms with Crippen LogP contribution in [0.15, 0.2) is 24.3 Å². The number of hydrogen-bond acceptors (Lipinski definition) is 3. The van der Waals surface area contributed by atoms with Crippen molar-refractivity contribution in [2.75, 3.05) is 25.0 Å². The predicted octanol–water partition coefficient (Wildman–Crippen LogP) is 3.49. The fourth-order valence-corrected chi connectivity index (χ4v) is 2.63. The SMILES string of the molecule is O=C(CN1CCCCCCC1)Nc1ccccc1OC(F)F. The maximum absolute atomic E-state index is 12.4. The van der Waals surface area contributed by atoms with Gasteiger partial charge in [0.1, 0.15) is 5.75 Å². The van der Waals surface area contributed by atoms with Crippen LogP contribution in [-0.4, -0.2) is 37.1 Å². The summed E-state index contributed by atoms with van der Waals surface area (Å²) in [6, 6.07) is 6.23. The molecule has 0 unspecified atom stereocenters. The smallest absolute Gasteiger partial charge is 0.387 e. The lowest BCUT2D eigenvalue weighted by molar-refractivity contribution is -0.117. The van der Waals surface area contributed by atoms with Gasteiger partial charge in [-0.3, -0.25) is 9.69 Å². The first-order chi connectivity index (χ1) is 10.6. The number of carbonyl (C=O) groups is 1. The van der Waals surface area contributed by atoms with E-state index < -0.39 is 6.61 Å². The highest BCUT2D eigenvalue weighted by Gasteiger charge is 2.15. The van der Waals surface area contributed by atoms with Crippen LogP contribution in [-0.2, 0) is 4.79 Å². The molecule has 22 heavy (non-hydrogen) atoms. The number of carbonyl (C=O) groups excluding carboxylic acids is 1. The highest BCUT2D eigenvalue weighted by Crippen LogP contribution is 2.25. The summed E-state index contributed by atoms with van der Waals surface area (Å²) in [5.74, 6) is -0.218. The van der Waals surface area contributed by atoms with Crippen LogP contribution < -0.4 is 10.1 Å². The van der Waals surface area contributed by atoms with Gasteiger partial charge in [-0.1, -0.05) is 31.4 Å². The van der Waals surface area contributed by atoms with Crippen LogP contribution in [0, 0.1) is 0 Å². The van der Waals surface area contributed by atoms with Gasteiger partial charge in [0.05, 0.1) is 12.2 Å². The lowest BCUT2D eigenvalue weighted by Gasteiger charge is -2.24. The Bertz CT molecular complexity index is 475. The van der Waals surface area contributed by atoms with E-state index in [0.29, 0.717) is 0 Å². The number of rotatable bonds is 5. The number of ether oxygens (including phenoxy) is 1. The quantitative estimate of drug-likeness (QED) is 0.905. The first-order valence-electron chi connectivity index (χ1n) is 7.71. The van der Waals surface area contributed by atoms with E-state index in [2.05, 4.69) is 15.0 Å². The lowest BCUT2D eigenvalue weighted by atomic mass is 10.1. The van der Waals surface area contributed by atoms with Gasteiger partial charge < -0.3 is 10.1 Å². The number of hydrogen-bond donors (Lipinski definition) is 1. The first-order valence-corrected chi connectivity index (χ1v) is 7.71. The number of para-hydroxylation sites is 2. The predicted molar refractivity (Wildman–Crippen MR) is 81.2 cm³/mol. The van der Waals surface area contributed by atoms with Gasteiger partial charge in [0, 0.05) is 0 Å². The Labute approximate surface area is 129 Å². The van der Waals surface area contributed by atoms with Crippen molar-refractivity contribution in [1.29, 1.82) is 0 Å². The number of likely N-dealkylation sites (tertiary alicyclic amines) is 1. The molecule has 122 valence electrons. The normalized spacial score (nSPS) is 16.9. The molecule has 0 saturated carbocycles. The molecule has 0 spiro atoms. The Balaban J connectivity index is 1.90. The summed E-state index contributed by atoms with van der Waals surface area (Å²) >= 11 is 0. The molecule has 1 aliphatic rings. The minimum Gasteiger partial charge on any atom is -0.433 e. The number of amides is 1. The van der Waals surface area contributed by atoms with E-state index in [-0.39, 0.29) is 23.9 Å². The van der Waals surface area contributed by atoms with Gasteiger partial charge in [-0.15, -0.1) is 0 Å². The molecular formula is C16H22F2N2O2. The van der Waals surface area contributed by atoms with Crippen molar-refractivity contribution in [1.82, 2.24) is 4.90 Å². The number of nitrogens with one attached hydrogen (secondary N) is 1. The minimum absolute atomic E-state index is 0.0153. The van der Waals surface area contributed by atoms with Crippen molar-refractivity contribution in [2.24, 2.45) is 0 Å². The Hall–Kier alpha value is -1.69. The van der Waals surface area contributed by atoms with Crippen molar-refractivity contribution in [3.8, 4) is 5.75 Å². The van der Waals surface area contributed by atoms with E-state index in [9.17, 15) is 13.6 Å². The molecule has 1 heterocycles. The van der Waals surface area contributed by atoms with E-state index in [4.69, 9.17) is 0 Å². The lowest BCUT2D eigenvalue weighted by Crippen LogP contribution is -2.35. The second kappa shape index (κ2) is 8.68. The van der Waals surface area contributed by atoms with Crippen molar-refractivity contribution in [3.05, 3.63) is 24.3 Å². The van der Waals surface area contributed by atoms with Gasteiger partial charge in [-0.05, 0) is 38.1 Å². The molecule has 0 bridgehead atoms. The second-order valence-corrected chi connectivity index (χ2v) is 5.47. The topological polar surface area (TPSA) is 41.6 Å². The van der Waals surface area contributed by atoms with Crippen LogP contribution in [0.25, 0.3) is 0 Å². The summed E-state index contributed by atoms with van der Waals surface area (Å²) in [4.78, 5) is 14.2. The number of halogens is 2. The summed E-state index contributed by atoms with van der Waals surface area (Å²) in [6.45, 7) is -0.818. The number of benzene rings is 1. The zero-order valence-corrected chi connectivity index (χ0v) is 12.6. The fourth-order valence-electron chi connectivity index (χ4n) is 2.63. The van der Waals surface area contributed by atoms with Crippen LogP contribution in [0.2, 0.25) is 0 Å². The highest BCUT2D eigenvalue weighted by molar-refractivity contribution is 5.93. The Kier molecular flexibility index (Phi) is 6.58. The van der Waals surface area contributed by atoms with Gasteiger partial charge in [-0.25, -0.2) is 0 Å². The zero-order valence-electron chi connectivity index (χ0n) is 12.6. The summed E-state index contributed by atoms with van der Waals surface area (Å²) in [5, 5.41) is 2.66.